The molecule has 0 radical (unpaired) electrons. The van der Waals surface area contributed by atoms with Gasteiger partial charge in [-0.2, -0.15) is 0 Å². The number of hydrogen-bond donors (Lipinski definition) is 2. The minimum Gasteiger partial charge on any atom is -0.323 e. The van der Waals surface area contributed by atoms with Gasteiger partial charge in [0, 0.05) is 0 Å². The number of carbonyl (C=O) groups is 1. The van der Waals surface area contributed by atoms with Gasteiger partial charge >= 0.3 is 0 Å². The van der Waals surface area contributed by atoms with Gasteiger partial charge in [0.25, 0.3) is 0 Å². The summed E-state index contributed by atoms with van der Waals surface area (Å²) in [5.74, 6) is -0.198. The number of pyridine rings is 1. The fraction of sp³-hybridized carbons (Fsp3) is 0.455. The van der Waals surface area contributed by atoms with Crippen LogP contribution in [0.15, 0.2) is 22.9 Å². The molecular formula is C11H16BrN3O. The topological polar surface area (TPSA) is 68.0 Å². The Kier molecular flexibility index (Phi) is 4.04. The van der Waals surface area contributed by atoms with E-state index in [-0.39, 0.29) is 11.3 Å². The van der Waals surface area contributed by atoms with Crippen LogP contribution in [0.3, 0.4) is 0 Å². The molecule has 0 aromatic carbocycles. The molecular weight excluding hydrogens is 270 g/mol. The average Bonchev–Trinajstić information content (AvgIpc) is 2.19. The van der Waals surface area contributed by atoms with Gasteiger partial charge in [0.05, 0.1) is 17.9 Å². The van der Waals surface area contributed by atoms with E-state index in [1.165, 1.54) is 0 Å². The quantitative estimate of drug-likeness (QED) is 0.819. The molecule has 16 heavy (non-hydrogen) atoms. The number of nitrogens with zero attached hydrogens (tertiary/aromatic N) is 1. The lowest BCUT2D eigenvalue weighted by molar-refractivity contribution is -0.119. The van der Waals surface area contributed by atoms with Crippen molar-refractivity contribution < 1.29 is 4.79 Å². The van der Waals surface area contributed by atoms with Gasteiger partial charge < -0.3 is 11.1 Å². The predicted octanol–water partition coefficient (Wildman–Crippen LogP) is 2.16. The van der Waals surface area contributed by atoms with Crippen molar-refractivity contribution in [2.75, 3.05) is 5.32 Å². The minimum absolute atomic E-state index is 0.198. The Morgan fingerprint density at radius 1 is 1.50 bits per heavy atom. The van der Waals surface area contributed by atoms with Gasteiger partial charge in [-0.05, 0) is 33.5 Å². The Hall–Kier alpha value is -0.940. The molecule has 5 heteroatoms. The number of amides is 1. The van der Waals surface area contributed by atoms with Gasteiger partial charge in [0.1, 0.15) is 4.60 Å². The number of halogens is 1. The molecule has 0 saturated carbocycles. The van der Waals surface area contributed by atoms with Crippen molar-refractivity contribution >= 4 is 27.5 Å². The molecule has 1 heterocycles. The Balaban J connectivity index is 2.68. The van der Waals surface area contributed by atoms with E-state index in [0.717, 1.165) is 4.60 Å². The van der Waals surface area contributed by atoms with E-state index in [1.54, 1.807) is 18.3 Å². The van der Waals surface area contributed by atoms with Crippen molar-refractivity contribution in [2.24, 2.45) is 11.1 Å². The van der Waals surface area contributed by atoms with Gasteiger partial charge in [-0.25, -0.2) is 4.98 Å². The summed E-state index contributed by atoms with van der Waals surface area (Å²) in [6, 6.07) is 2.99. The summed E-state index contributed by atoms with van der Waals surface area (Å²) in [6.45, 7) is 5.78. The van der Waals surface area contributed by atoms with Crippen molar-refractivity contribution in [1.82, 2.24) is 4.98 Å². The van der Waals surface area contributed by atoms with Crippen molar-refractivity contribution in [3.63, 3.8) is 0 Å². The van der Waals surface area contributed by atoms with Crippen molar-refractivity contribution in [2.45, 2.75) is 26.8 Å². The minimum atomic E-state index is -0.545. The van der Waals surface area contributed by atoms with E-state index in [4.69, 9.17) is 5.73 Å². The second-order valence-electron chi connectivity index (χ2n) is 4.70. The zero-order valence-corrected chi connectivity index (χ0v) is 11.2. The third-order valence-electron chi connectivity index (χ3n) is 2.21. The highest BCUT2D eigenvalue weighted by molar-refractivity contribution is 9.10. The summed E-state index contributed by atoms with van der Waals surface area (Å²) in [7, 11) is 0. The lowest BCUT2D eigenvalue weighted by Gasteiger charge is -2.25. The molecule has 0 aliphatic carbocycles. The summed E-state index contributed by atoms with van der Waals surface area (Å²) in [4.78, 5) is 15.8. The summed E-state index contributed by atoms with van der Waals surface area (Å²) < 4.78 is 0.727. The first kappa shape index (κ1) is 13.1. The van der Waals surface area contributed by atoms with Gasteiger partial charge in [-0.15, -0.1) is 0 Å². The number of anilines is 1. The molecule has 1 aromatic rings. The maximum Gasteiger partial charge on any atom is 0.241 e. The number of carbonyl (C=O) groups excluding carboxylic acids is 1. The molecule has 1 atom stereocenters. The Bertz CT molecular complexity index is 370. The highest BCUT2D eigenvalue weighted by Gasteiger charge is 2.27. The van der Waals surface area contributed by atoms with Crippen LogP contribution >= 0.6 is 15.9 Å². The fourth-order valence-corrected chi connectivity index (χ4v) is 1.30. The van der Waals surface area contributed by atoms with Crippen LogP contribution in [0.4, 0.5) is 5.69 Å². The third-order valence-corrected chi connectivity index (χ3v) is 2.68. The molecule has 0 aliphatic rings. The molecule has 1 amide bonds. The van der Waals surface area contributed by atoms with Crippen LogP contribution in [0.25, 0.3) is 0 Å². The molecule has 0 aliphatic heterocycles. The molecule has 1 rings (SSSR count). The smallest absolute Gasteiger partial charge is 0.241 e. The third kappa shape index (κ3) is 3.57. The van der Waals surface area contributed by atoms with Crippen LogP contribution in [0, 0.1) is 5.41 Å². The van der Waals surface area contributed by atoms with E-state index >= 15 is 0 Å². The van der Waals surface area contributed by atoms with Crippen LogP contribution in [-0.4, -0.2) is 16.9 Å². The van der Waals surface area contributed by atoms with E-state index in [1.807, 2.05) is 20.8 Å². The van der Waals surface area contributed by atoms with Gasteiger partial charge in [-0.3, -0.25) is 4.79 Å². The molecule has 1 aromatic heterocycles. The predicted molar refractivity (Wildman–Crippen MR) is 68.0 cm³/mol. The monoisotopic (exact) mass is 285 g/mol. The molecule has 0 saturated heterocycles. The molecule has 0 bridgehead atoms. The maximum atomic E-state index is 11.8. The Labute approximate surface area is 104 Å². The van der Waals surface area contributed by atoms with E-state index in [2.05, 4.69) is 26.2 Å². The Morgan fingerprint density at radius 2 is 2.12 bits per heavy atom. The number of hydrogen-bond acceptors (Lipinski definition) is 3. The average molecular weight is 286 g/mol. The van der Waals surface area contributed by atoms with E-state index in [9.17, 15) is 4.79 Å². The fourth-order valence-electron chi connectivity index (χ4n) is 1.06. The molecule has 4 nitrogen and oxygen atoms in total. The zero-order chi connectivity index (χ0) is 12.3. The van der Waals surface area contributed by atoms with E-state index in [0.29, 0.717) is 5.69 Å². The first-order valence-electron chi connectivity index (χ1n) is 4.98. The SMILES string of the molecule is CC(C)(C)C(N)C(=O)Nc1ccc(Br)nc1. The Morgan fingerprint density at radius 3 is 2.56 bits per heavy atom. The van der Waals surface area contributed by atoms with Crippen LogP contribution < -0.4 is 11.1 Å². The lowest BCUT2D eigenvalue weighted by Crippen LogP contribution is -2.45. The summed E-state index contributed by atoms with van der Waals surface area (Å²) in [6.07, 6.45) is 1.58. The second kappa shape index (κ2) is 4.93. The van der Waals surface area contributed by atoms with Gasteiger partial charge in [0.2, 0.25) is 5.91 Å². The highest BCUT2D eigenvalue weighted by Crippen LogP contribution is 2.19. The number of nitrogens with two attached hydrogens (primary N) is 1. The van der Waals surface area contributed by atoms with Crippen molar-refractivity contribution in [3.8, 4) is 0 Å². The highest BCUT2D eigenvalue weighted by atomic mass is 79.9. The second-order valence-corrected chi connectivity index (χ2v) is 5.52. The first-order valence-corrected chi connectivity index (χ1v) is 5.78. The molecule has 1 unspecified atom stereocenters. The van der Waals surface area contributed by atoms with Crippen LogP contribution in [0.1, 0.15) is 20.8 Å². The van der Waals surface area contributed by atoms with Crippen LogP contribution in [0.5, 0.6) is 0 Å². The number of nitrogens with one attached hydrogen (secondary N) is 1. The zero-order valence-electron chi connectivity index (χ0n) is 9.62. The normalized spacial score (nSPS) is 13.3. The molecule has 0 fully saturated rings. The summed E-state index contributed by atoms with van der Waals surface area (Å²) >= 11 is 3.22. The molecule has 88 valence electrons. The largest absolute Gasteiger partial charge is 0.323 e. The van der Waals surface area contributed by atoms with Crippen molar-refractivity contribution in [1.29, 1.82) is 0 Å². The maximum absolute atomic E-state index is 11.8. The summed E-state index contributed by atoms with van der Waals surface area (Å²) in [5, 5.41) is 2.73. The van der Waals surface area contributed by atoms with Crippen LogP contribution in [0.2, 0.25) is 0 Å². The van der Waals surface area contributed by atoms with Crippen molar-refractivity contribution in [3.05, 3.63) is 22.9 Å². The summed E-state index contributed by atoms with van der Waals surface area (Å²) in [5.41, 5.74) is 6.22. The lowest BCUT2D eigenvalue weighted by atomic mass is 9.87. The number of aromatic nitrogens is 1. The van der Waals surface area contributed by atoms with Crippen LogP contribution in [-0.2, 0) is 4.79 Å². The van der Waals surface area contributed by atoms with Gasteiger partial charge in [-0.1, -0.05) is 20.8 Å². The standard InChI is InChI=1S/C11H16BrN3O/c1-11(2,3)9(13)10(16)15-7-4-5-8(12)14-6-7/h4-6,9H,13H2,1-3H3,(H,15,16). The first-order chi connectivity index (χ1) is 7.30. The van der Waals surface area contributed by atoms with E-state index < -0.39 is 6.04 Å². The van der Waals surface area contributed by atoms with Gasteiger partial charge in [0.15, 0.2) is 0 Å². The molecule has 3 N–H and O–H groups in total. The number of rotatable bonds is 2. The molecule has 0 spiro atoms.